The monoisotopic (exact) mass is 184 g/mol. The Morgan fingerprint density at radius 1 is 1.23 bits per heavy atom. The fourth-order valence-corrected chi connectivity index (χ4v) is 1.29. The second-order valence-electron chi connectivity index (χ2n) is 2.98. The molecule has 0 aromatic carbocycles. The van der Waals surface area contributed by atoms with Crippen molar-refractivity contribution in [2.45, 2.75) is 13.8 Å². The summed E-state index contributed by atoms with van der Waals surface area (Å²) in [7, 11) is 1.39. The number of hydrogen-bond donors (Lipinski definition) is 0. The number of carbonyl (C=O) groups is 3. The van der Waals surface area contributed by atoms with Gasteiger partial charge in [0, 0.05) is 13.6 Å². The van der Waals surface area contributed by atoms with Crippen molar-refractivity contribution >= 4 is 17.8 Å². The van der Waals surface area contributed by atoms with E-state index < -0.39 is 23.8 Å². The summed E-state index contributed by atoms with van der Waals surface area (Å²) in [5, 5.41) is 0. The van der Waals surface area contributed by atoms with Gasteiger partial charge in [0.2, 0.25) is 11.8 Å². The molecule has 13 heavy (non-hydrogen) atoms. The molecule has 1 aliphatic heterocycles. The maximum absolute atomic E-state index is 11.4. The van der Waals surface area contributed by atoms with Gasteiger partial charge >= 0.3 is 6.03 Å². The van der Waals surface area contributed by atoms with Gasteiger partial charge in [0.15, 0.2) is 0 Å². The average Bonchev–Trinajstić information content (AvgIpc) is 2.13. The van der Waals surface area contributed by atoms with Gasteiger partial charge in [-0.2, -0.15) is 0 Å². The number of hydrogen-bond acceptors (Lipinski definition) is 3. The van der Waals surface area contributed by atoms with Crippen molar-refractivity contribution in [2.24, 2.45) is 5.92 Å². The van der Waals surface area contributed by atoms with E-state index in [1.54, 1.807) is 6.92 Å². The van der Waals surface area contributed by atoms with Gasteiger partial charge in [0.1, 0.15) is 5.92 Å². The van der Waals surface area contributed by atoms with Crippen LogP contribution in [0.4, 0.5) is 4.79 Å². The lowest BCUT2D eigenvalue weighted by atomic mass is 10.1. The minimum Gasteiger partial charge on any atom is -0.273 e. The van der Waals surface area contributed by atoms with E-state index in [1.165, 1.54) is 14.0 Å². The van der Waals surface area contributed by atoms with Gasteiger partial charge in [-0.25, -0.2) is 4.79 Å². The van der Waals surface area contributed by atoms with Crippen LogP contribution in [-0.2, 0) is 9.59 Å². The molecule has 1 heterocycles. The van der Waals surface area contributed by atoms with Gasteiger partial charge in [-0.05, 0) is 13.8 Å². The Hall–Kier alpha value is -1.39. The average molecular weight is 184 g/mol. The van der Waals surface area contributed by atoms with E-state index in [4.69, 9.17) is 0 Å². The lowest BCUT2D eigenvalue weighted by Crippen LogP contribution is -2.57. The van der Waals surface area contributed by atoms with E-state index in [0.29, 0.717) is 6.54 Å². The quantitative estimate of drug-likeness (QED) is 0.541. The molecule has 4 amide bonds. The Bertz CT molecular complexity index is 251. The highest BCUT2D eigenvalue weighted by Crippen LogP contribution is 2.15. The molecule has 1 aliphatic rings. The number of imide groups is 2. The zero-order valence-corrected chi connectivity index (χ0v) is 7.90. The standard InChI is InChI=1S/C8H12N2O3/c1-4-10-7(12)5(2)6(11)9(3)8(10)13/h5H,4H2,1-3H3. The lowest BCUT2D eigenvalue weighted by molar-refractivity contribution is -0.147. The number of amides is 4. The van der Waals surface area contributed by atoms with Crippen LogP contribution in [0.3, 0.4) is 0 Å². The largest absolute Gasteiger partial charge is 0.333 e. The van der Waals surface area contributed by atoms with Crippen LogP contribution in [0, 0.1) is 5.92 Å². The van der Waals surface area contributed by atoms with Crippen LogP contribution in [0.1, 0.15) is 13.8 Å². The molecule has 1 saturated heterocycles. The molecular weight excluding hydrogens is 172 g/mol. The fourth-order valence-electron chi connectivity index (χ4n) is 1.29. The van der Waals surface area contributed by atoms with Gasteiger partial charge in [-0.1, -0.05) is 0 Å². The second kappa shape index (κ2) is 3.16. The SMILES string of the molecule is CCN1C(=O)C(C)C(=O)N(C)C1=O. The van der Waals surface area contributed by atoms with Crippen molar-refractivity contribution in [1.29, 1.82) is 0 Å². The molecule has 5 nitrogen and oxygen atoms in total. The van der Waals surface area contributed by atoms with Gasteiger partial charge in [-0.15, -0.1) is 0 Å². The van der Waals surface area contributed by atoms with Gasteiger partial charge in [0.25, 0.3) is 0 Å². The van der Waals surface area contributed by atoms with E-state index in [0.717, 1.165) is 9.80 Å². The minimum atomic E-state index is -0.734. The highest BCUT2D eigenvalue weighted by Gasteiger charge is 2.40. The third kappa shape index (κ3) is 1.30. The van der Waals surface area contributed by atoms with Crippen LogP contribution in [0.25, 0.3) is 0 Å². The highest BCUT2D eigenvalue weighted by molar-refractivity contribution is 6.15. The summed E-state index contributed by atoms with van der Waals surface area (Å²) in [4.78, 5) is 36.0. The molecule has 1 atom stereocenters. The van der Waals surface area contributed by atoms with Gasteiger partial charge in [0.05, 0.1) is 0 Å². The molecule has 0 aromatic heterocycles. The van der Waals surface area contributed by atoms with Crippen LogP contribution >= 0.6 is 0 Å². The molecule has 1 unspecified atom stereocenters. The summed E-state index contributed by atoms with van der Waals surface area (Å²) in [6.07, 6.45) is 0. The number of urea groups is 1. The smallest absolute Gasteiger partial charge is 0.273 e. The predicted octanol–water partition coefficient (Wildman–Crippen LogP) is 0.0630. The Labute approximate surface area is 76.3 Å². The Morgan fingerprint density at radius 2 is 1.77 bits per heavy atom. The maximum Gasteiger partial charge on any atom is 0.333 e. The van der Waals surface area contributed by atoms with E-state index in [1.807, 2.05) is 0 Å². The topological polar surface area (TPSA) is 57.7 Å². The van der Waals surface area contributed by atoms with Crippen LogP contribution in [0.2, 0.25) is 0 Å². The van der Waals surface area contributed by atoms with E-state index in [-0.39, 0.29) is 0 Å². The molecule has 0 radical (unpaired) electrons. The predicted molar refractivity (Wildman–Crippen MR) is 44.7 cm³/mol. The molecule has 0 bridgehead atoms. The van der Waals surface area contributed by atoms with E-state index >= 15 is 0 Å². The van der Waals surface area contributed by atoms with Gasteiger partial charge < -0.3 is 0 Å². The fraction of sp³-hybridized carbons (Fsp3) is 0.625. The molecule has 1 fully saturated rings. The number of nitrogens with zero attached hydrogens (tertiary/aromatic N) is 2. The van der Waals surface area contributed by atoms with Crippen molar-refractivity contribution in [3.63, 3.8) is 0 Å². The first-order chi connectivity index (χ1) is 6.00. The summed E-state index contributed by atoms with van der Waals surface area (Å²) in [6, 6.07) is -0.532. The molecule has 72 valence electrons. The summed E-state index contributed by atoms with van der Waals surface area (Å²) in [5.74, 6) is -1.57. The summed E-state index contributed by atoms with van der Waals surface area (Å²) in [5.41, 5.74) is 0. The molecule has 0 aliphatic carbocycles. The van der Waals surface area contributed by atoms with Crippen molar-refractivity contribution in [3.05, 3.63) is 0 Å². The van der Waals surface area contributed by atoms with E-state index in [2.05, 4.69) is 0 Å². The zero-order chi connectivity index (χ0) is 10.2. The number of carbonyl (C=O) groups excluding carboxylic acids is 3. The van der Waals surface area contributed by atoms with Crippen molar-refractivity contribution in [1.82, 2.24) is 9.80 Å². The van der Waals surface area contributed by atoms with Crippen molar-refractivity contribution < 1.29 is 14.4 Å². The minimum absolute atomic E-state index is 0.305. The van der Waals surface area contributed by atoms with Crippen LogP contribution in [-0.4, -0.2) is 41.2 Å². The molecule has 0 N–H and O–H groups in total. The second-order valence-corrected chi connectivity index (χ2v) is 2.98. The van der Waals surface area contributed by atoms with Crippen LogP contribution < -0.4 is 0 Å². The number of rotatable bonds is 1. The van der Waals surface area contributed by atoms with Crippen LogP contribution in [0.5, 0.6) is 0 Å². The molecule has 0 spiro atoms. The molecule has 1 rings (SSSR count). The molecule has 0 aromatic rings. The molecule has 0 saturated carbocycles. The lowest BCUT2D eigenvalue weighted by Gasteiger charge is -2.32. The zero-order valence-electron chi connectivity index (χ0n) is 7.90. The maximum atomic E-state index is 11.4. The third-order valence-electron chi connectivity index (χ3n) is 2.17. The van der Waals surface area contributed by atoms with Crippen molar-refractivity contribution in [2.75, 3.05) is 13.6 Å². The summed E-state index contributed by atoms with van der Waals surface area (Å²) in [6.45, 7) is 3.52. The summed E-state index contributed by atoms with van der Waals surface area (Å²) < 4.78 is 0. The first-order valence-corrected chi connectivity index (χ1v) is 4.13. The highest BCUT2D eigenvalue weighted by atomic mass is 16.2. The molecular formula is C8H12N2O3. The van der Waals surface area contributed by atoms with Crippen LogP contribution in [0.15, 0.2) is 0 Å². The summed E-state index contributed by atoms with van der Waals surface area (Å²) >= 11 is 0. The third-order valence-corrected chi connectivity index (χ3v) is 2.17. The Balaban J connectivity index is 2.99. The molecule has 5 heteroatoms. The first-order valence-electron chi connectivity index (χ1n) is 4.13. The normalized spacial score (nSPS) is 24.2. The van der Waals surface area contributed by atoms with Gasteiger partial charge in [-0.3, -0.25) is 19.4 Å². The van der Waals surface area contributed by atoms with Crippen molar-refractivity contribution in [3.8, 4) is 0 Å². The number of barbiturate groups is 1. The Kier molecular flexibility index (Phi) is 2.36. The Morgan fingerprint density at radius 3 is 2.23 bits per heavy atom. The first kappa shape index (κ1) is 9.70. The van der Waals surface area contributed by atoms with E-state index in [9.17, 15) is 14.4 Å².